The number of aromatic nitrogens is 6. The van der Waals surface area contributed by atoms with Crippen LogP contribution in [0.1, 0.15) is 34.6 Å². The number of carbonyl (C=O) groups excluding carboxylic acids is 1. The van der Waals surface area contributed by atoms with E-state index < -0.39 is 12.0 Å². The number of amides is 1. The Morgan fingerprint density at radius 1 is 1.19 bits per heavy atom. The van der Waals surface area contributed by atoms with Crippen molar-refractivity contribution >= 4 is 11.7 Å². The fraction of sp³-hybridized carbons (Fsp3) is 0.346. The molecule has 2 atom stereocenters. The Labute approximate surface area is 209 Å². The molecule has 0 unspecified atom stereocenters. The highest BCUT2D eigenvalue weighted by Gasteiger charge is 2.33. The average Bonchev–Trinajstić information content (AvgIpc) is 3.54. The maximum Gasteiger partial charge on any atom is 0.226 e. The Kier molecular flexibility index (Phi) is 6.77. The van der Waals surface area contributed by atoms with Crippen molar-refractivity contribution in [3.05, 3.63) is 83.2 Å². The second-order valence-electron chi connectivity index (χ2n) is 9.31. The van der Waals surface area contributed by atoms with Crippen LogP contribution in [-0.4, -0.2) is 60.2 Å². The van der Waals surface area contributed by atoms with E-state index in [4.69, 9.17) is 4.98 Å². The van der Waals surface area contributed by atoms with Crippen molar-refractivity contribution in [3.8, 4) is 5.82 Å². The lowest BCUT2D eigenvalue weighted by Gasteiger charge is -2.36. The zero-order valence-electron chi connectivity index (χ0n) is 20.4. The van der Waals surface area contributed by atoms with E-state index >= 15 is 0 Å². The first-order valence-corrected chi connectivity index (χ1v) is 12.1. The number of aliphatic hydroxyl groups excluding tert-OH is 1. The van der Waals surface area contributed by atoms with Crippen molar-refractivity contribution in [1.29, 1.82) is 0 Å². The van der Waals surface area contributed by atoms with Crippen molar-refractivity contribution in [3.63, 3.8) is 0 Å². The van der Waals surface area contributed by atoms with E-state index in [9.17, 15) is 9.90 Å². The number of nitrogens with zero attached hydrogens (tertiary/aromatic N) is 6. The van der Waals surface area contributed by atoms with Crippen molar-refractivity contribution in [2.75, 3.05) is 18.0 Å². The molecule has 0 aromatic carbocycles. The first-order valence-electron chi connectivity index (χ1n) is 12.1. The SMILES string of the molecule is Cc1cc(Cc2cc(C)[nH]n2)nc(N2CC[C@@H](C(=O)NCc3ccc(-n4cccn4)nc3)[C@H](O)C2)c1. The smallest absolute Gasteiger partial charge is 0.226 e. The van der Waals surface area contributed by atoms with Gasteiger partial charge in [0.1, 0.15) is 5.82 Å². The lowest BCUT2D eigenvalue weighted by atomic mass is 9.92. The topological polar surface area (TPSA) is 125 Å². The van der Waals surface area contributed by atoms with E-state index in [0.29, 0.717) is 38.3 Å². The zero-order chi connectivity index (χ0) is 25.1. The Bertz CT molecular complexity index is 1320. The molecule has 5 heterocycles. The molecule has 0 aliphatic carbocycles. The molecule has 0 bridgehead atoms. The molecule has 0 spiro atoms. The summed E-state index contributed by atoms with van der Waals surface area (Å²) in [5.41, 5.74) is 4.87. The third-order valence-corrected chi connectivity index (χ3v) is 6.39. The Balaban J connectivity index is 1.17. The number of rotatable bonds is 7. The summed E-state index contributed by atoms with van der Waals surface area (Å²) in [4.78, 5) is 24.1. The number of carbonyl (C=O) groups is 1. The van der Waals surface area contributed by atoms with Gasteiger partial charge in [0.15, 0.2) is 5.82 Å². The molecule has 0 saturated carbocycles. The summed E-state index contributed by atoms with van der Waals surface area (Å²) in [6.45, 7) is 5.37. The molecule has 1 aliphatic heterocycles. The van der Waals surface area contributed by atoms with Crippen LogP contribution in [0.4, 0.5) is 5.82 Å². The van der Waals surface area contributed by atoms with Gasteiger partial charge in [-0.3, -0.25) is 9.89 Å². The molecule has 1 fully saturated rings. The third-order valence-electron chi connectivity index (χ3n) is 6.39. The van der Waals surface area contributed by atoms with Gasteiger partial charge in [0.25, 0.3) is 0 Å². The average molecular weight is 487 g/mol. The fourth-order valence-electron chi connectivity index (χ4n) is 4.55. The summed E-state index contributed by atoms with van der Waals surface area (Å²) < 4.78 is 1.68. The fourth-order valence-corrected chi connectivity index (χ4v) is 4.55. The summed E-state index contributed by atoms with van der Waals surface area (Å²) in [6.07, 6.45) is 5.65. The van der Waals surface area contributed by atoms with E-state index in [1.54, 1.807) is 17.1 Å². The van der Waals surface area contributed by atoms with E-state index in [0.717, 1.165) is 34.0 Å². The first-order chi connectivity index (χ1) is 17.4. The number of H-pyrrole nitrogens is 1. The maximum absolute atomic E-state index is 12.8. The largest absolute Gasteiger partial charge is 0.390 e. The summed E-state index contributed by atoms with van der Waals surface area (Å²) >= 11 is 0. The summed E-state index contributed by atoms with van der Waals surface area (Å²) in [7, 11) is 0. The van der Waals surface area contributed by atoms with Crippen LogP contribution in [0.15, 0.2) is 55.0 Å². The molecular formula is C26H30N8O2. The summed E-state index contributed by atoms with van der Waals surface area (Å²) in [5, 5.41) is 25.2. The number of nitrogens with one attached hydrogen (secondary N) is 2. The van der Waals surface area contributed by atoms with Crippen molar-refractivity contribution in [1.82, 2.24) is 35.3 Å². The minimum Gasteiger partial charge on any atom is -0.390 e. The molecule has 5 rings (SSSR count). The molecular weight excluding hydrogens is 456 g/mol. The predicted molar refractivity (Wildman–Crippen MR) is 135 cm³/mol. The quantitative estimate of drug-likeness (QED) is 0.365. The highest BCUT2D eigenvalue weighted by molar-refractivity contribution is 5.79. The van der Waals surface area contributed by atoms with Crippen LogP contribution in [0, 0.1) is 19.8 Å². The van der Waals surface area contributed by atoms with E-state index in [1.807, 2.05) is 50.4 Å². The van der Waals surface area contributed by atoms with Crippen LogP contribution < -0.4 is 10.2 Å². The monoisotopic (exact) mass is 486 g/mol. The molecule has 186 valence electrons. The second-order valence-corrected chi connectivity index (χ2v) is 9.31. The molecule has 3 N–H and O–H groups in total. The molecule has 10 nitrogen and oxygen atoms in total. The molecule has 4 aromatic heterocycles. The normalized spacial score (nSPS) is 17.8. The highest BCUT2D eigenvalue weighted by Crippen LogP contribution is 2.24. The van der Waals surface area contributed by atoms with Gasteiger partial charge in [-0.15, -0.1) is 0 Å². The van der Waals surface area contributed by atoms with Crippen molar-refractivity contribution in [2.24, 2.45) is 5.92 Å². The van der Waals surface area contributed by atoms with Gasteiger partial charge in [-0.1, -0.05) is 6.07 Å². The number of pyridine rings is 2. The van der Waals surface area contributed by atoms with Gasteiger partial charge in [0, 0.05) is 56.0 Å². The van der Waals surface area contributed by atoms with Crippen LogP contribution in [0.2, 0.25) is 0 Å². The number of aliphatic hydroxyl groups is 1. The molecule has 10 heteroatoms. The second kappa shape index (κ2) is 10.3. The highest BCUT2D eigenvalue weighted by atomic mass is 16.3. The number of hydrogen-bond acceptors (Lipinski definition) is 7. The van der Waals surface area contributed by atoms with Gasteiger partial charge in [-0.25, -0.2) is 14.6 Å². The van der Waals surface area contributed by atoms with Gasteiger partial charge in [0.05, 0.1) is 17.7 Å². The van der Waals surface area contributed by atoms with Crippen LogP contribution in [-0.2, 0) is 17.8 Å². The number of β-amino-alcohol motifs (C(OH)–C–C–N with tert-alkyl or cyclic N) is 1. The Morgan fingerprint density at radius 3 is 2.78 bits per heavy atom. The molecule has 36 heavy (non-hydrogen) atoms. The van der Waals surface area contributed by atoms with Gasteiger partial charge in [-0.2, -0.15) is 10.2 Å². The van der Waals surface area contributed by atoms with Gasteiger partial charge >= 0.3 is 0 Å². The van der Waals surface area contributed by atoms with Crippen LogP contribution >= 0.6 is 0 Å². The minimum atomic E-state index is -0.779. The molecule has 1 aliphatic rings. The Morgan fingerprint density at radius 2 is 2.08 bits per heavy atom. The Hall–Kier alpha value is -4.05. The van der Waals surface area contributed by atoms with E-state index in [-0.39, 0.29) is 5.91 Å². The summed E-state index contributed by atoms with van der Waals surface area (Å²) in [6, 6.07) is 11.7. The molecule has 1 saturated heterocycles. The van der Waals surface area contributed by atoms with Crippen LogP contribution in [0.25, 0.3) is 5.82 Å². The number of hydrogen-bond donors (Lipinski definition) is 3. The number of aromatic amines is 1. The van der Waals surface area contributed by atoms with Gasteiger partial charge in [-0.05, 0) is 61.7 Å². The maximum atomic E-state index is 12.8. The van der Waals surface area contributed by atoms with Crippen LogP contribution in [0.5, 0.6) is 0 Å². The van der Waals surface area contributed by atoms with Crippen LogP contribution in [0.3, 0.4) is 0 Å². The predicted octanol–water partition coefficient (Wildman–Crippen LogP) is 2.10. The standard InChI is InChI=1S/C26H30N8O2/c1-17-10-20(13-21-12-18(2)31-32-21)30-25(11-17)33-9-6-22(23(35)16-33)26(36)28-15-19-4-5-24(27-14-19)34-8-3-7-29-34/h3-5,7-8,10-12,14,22-23,35H,6,9,13,15-16H2,1-2H3,(H,28,36)(H,31,32)/t22-,23-/m1/s1. The lowest BCUT2D eigenvalue weighted by molar-refractivity contribution is -0.129. The molecule has 4 aromatic rings. The van der Waals surface area contributed by atoms with Crippen molar-refractivity contribution < 1.29 is 9.90 Å². The zero-order valence-corrected chi connectivity index (χ0v) is 20.4. The van der Waals surface area contributed by atoms with E-state index in [2.05, 4.69) is 36.6 Å². The molecule has 1 amide bonds. The minimum absolute atomic E-state index is 0.148. The number of aryl methyl sites for hydroxylation is 2. The molecule has 0 radical (unpaired) electrons. The van der Waals surface area contributed by atoms with E-state index in [1.165, 1.54) is 0 Å². The number of piperidine rings is 1. The summed E-state index contributed by atoms with van der Waals surface area (Å²) in [5.74, 6) is 0.919. The van der Waals surface area contributed by atoms with Gasteiger partial charge in [0.2, 0.25) is 5.91 Å². The number of anilines is 1. The first kappa shape index (κ1) is 23.7. The third kappa shape index (κ3) is 5.44. The van der Waals surface area contributed by atoms with Crippen molar-refractivity contribution in [2.45, 2.75) is 39.3 Å². The lowest BCUT2D eigenvalue weighted by Crippen LogP contribution is -2.49. The van der Waals surface area contributed by atoms with Gasteiger partial charge < -0.3 is 15.3 Å².